The summed E-state index contributed by atoms with van der Waals surface area (Å²) in [5.41, 5.74) is 1.99. The molecule has 1 unspecified atom stereocenters. The smallest absolute Gasteiger partial charge is 0.295 e. The first kappa shape index (κ1) is 26.3. The Balaban J connectivity index is 2.23. The zero-order chi connectivity index (χ0) is 25.8. The number of unbranched alkanes of at least 4 members (excludes halogenated alkanes) is 2. The Hall–Kier alpha value is -3.28. The fourth-order valence-electron chi connectivity index (χ4n) is 4.44. The summed E-state index contributed by atoms with van der Waals surface area (Å²) in [4.78, 5) is 28.1. The molecule has 2 aromatic rings. The van der Waals surface area contributed by atoms with Gasteiger partial charge in [0, 0.05) is 6.54 Å². The van der Waals surface area contributed by atoms with Crippen molar-refractivity contribution in [3.63, 3.8) is 0 Å². The Kier molecular flexibility index (Phi) is 8.26. The summed E-state index contributed by atoms with van der Waals surface area (Å²) in [5.74, 6) is -0.420. The van der Waals surface area contributed by atoms with Crippen molar-refractivity contribution in [2.45, 2.75) is 65.3 Å². The standard InChI is InChI=1S/C29H37NO5/c1-7-9-10-16-30-25(19-12-11-13-21(17-19)35-8-2)24(27(32)28(30)33)26(31)22-18-20(29(3,4)5)14-15-23(22)34-6/h11-15,17-18,25,31H,7-10,16H2,1-6H3/b26-24+. The first-order valence-corrected chi connectivity index (χ1v) is 12.3. The Morgan fingerprint density at radius 3 is 2.43 bits per heavy atom. The lowest BCUT2D eigenvalue weighted by molar-refractivity contribution is -0.139. The molecule has 2 aromatic carbocycles. The van der Waals surface area contributed by atoms with E-state index in [9.17, 15) is 14.7 Å². The predicted octanol–water partition coefficient (Wildman–Crippen LogP) is 6.00. The van der Waals surface area contributed by atoms with Crippen LogP contribution in [0.1, 0.15) is 76.6 Å². The molecule has 1 amide bonds. The predicted molar refractivity (Wildman–Crippen MR) is 138 cm³/mol. The van der Waals surface area contributed by atoms with Crippen molar-refractivity contribution in [1.29, 1.82) is 0 Å². The number of aliphatic hydroxyl groups excluding tert-OH is 1. The van der Waals surface area contributed by atoms with Crippen LogP contribution in [-0.4, -0.2) is 42.0 Å². The van der Waals surface area contributed by atoms with Crippen LogP contribution >= 0.6 is 0 Å². The minimum Gasteiger partial charge on any atom is -0.507 e. The lowest BCUT2D eigenvalue weighted by atomic mass is 9.85. The van der Waals surface area contributed by atoms with Crippen LogP contribution < -0.4 is 9.47 Å². The van der Waals surface area contributed by atoms with Crippen LogP contribution in [0.4, 0.5) is 0 Å². The highest BCUT2D eigenvalue weighted by Gasteiger charge is 2.46. The molecule has 0 bridgehead atoms. The van der Waals surface area contributed by atoms with Gasteiger partial charge in [-0.2, -0.15) is 0 Å². The molecule has 1 fully saturated rings. The van der Waals surface area contributed by atoms with E-state index >= 15 is 0 Å². The number of aliphatic hydroxyl groups is 1. The third kappa shape index (κ3) is 5.53. The molecule has 1 N–H and O–H groups in total. The van der Waals surface area contributed by atoms with Crippen molar-refractivity contribution in [2.24, 2.45) is 0 Å². The first-order chi connectivity index (χ1) is 16.6. The molecular weight excluding hydrogens is 442 g/mol. The first-order valence-electron chi connectivity index (χ1n) is 12.3. The van der Waals surface area contributed by atoms with Crippen molar-refractivity contribution in [3.05, 3.63) is 64.7 Å². The fourth-order valence-corrected chi connectivity index (χ4v) is 4.44. The highest BCUT2D eigenvalue weighted by molar-refractivity contribution is 6.46. The number of amides is 1. The second-order valence-electron chi connectivity index (χ2n) is 9.87. The average Bonchev–Trinajstić information content (AvgIpc) is 3.08. The van der Waals surface area contributed by atoms with Gasteiger partial charge in [-0.25, -0.2) is 0 Å². The molecule has 0 radical (unpaired) electrons. The quantitative estimate of drug-likeness (QED) is 0.206. The molecule has 1 atom stereocenters. The second kappa shape index (κ2) is 11.0. The molecule has 0 aliphatic carbocycles. The van der Waals surface area contributed by atoms with Gasteiger partial charge in [-0.1, -0.05) is 58.7 Å². The van der Waals surface area contributed by atoms with E-state index in [0.29, 0.717) is 30.2 Å². The van der Waals surface area contributed by atoms with Crippen molar-refractivity contribution in [1.82, 2.24) is 4.90 Å². The fraction of sp³-hybridized carbons (Fsp3) is 0.448. The molecule has 0 spiro atoms. The van der Waals surface area contributed by atoms with Gasteiger partial charge in [-0.05, 0) is 54.2 Å². The third-order valence-electron chi connectivity index (χ3n) is 6.35. The summed E-state index contributed by atoms with van der Waals surface area (Å²) in [6, 6.07) is 12.2. The van der Waals surface area contributed by atoms with Gasteiger partial charge in [0.15, 0.2) is 0 Å². The van der Waals surface area contributed by atoms with E-state index in [1.54, 1.807) is 11.0 Å². The summed E-state index contributed by atoms with van der Waals surface area (Å²) in [6.45, 7) is 11.1. The van der Waals surface area contributed by atoms with Gasteiger partial charge in [0.1, 0.15) is 17.3 Å². The van der Waals surface area contributed by atoms with E-state index < -0.39 is 17.7 Å². The maximum Gasteiger partial charge on any atom is 0.295 e. The monoisotopic (exact) mass is 479 g/mol. The van der Waals surface area contributed by atoms with Crippen LogP contribution in [0.25, 0.3) is 5.76 Å². The van der Waals surface area contributed by atoms with Crippen LogP contribution in [0.2, 0.25) is 0 Å². The average molecular weight is 480 g/mol. The second-order valence-corrected chi connectivity index (χ2v) is 9.87. The molecular formula is C29H37NO5. The topological polar surface area (TPSA) is 76.1 Å². The minimum absolute atomic E-state index is 0.0736. The number of ether oxygens (including phenoxy) is 2. The lowest BCUT2D eigenvalue weighted by Crippen LogP contribution is -2.30. The maximum absolute atomic E-state index is 13.4. The number of Topliss-reactive ketones (excluding diaryl/α,β-unsaturated/α-hetero) is 1. The number of likely N-dealkylation sites (tertiary alicyclic amines) is 1. The van der Waals surface area contributed by atoms with E-state index in [0.717, 1.165) is 30.4 Å². The van der Waals surface area contributed by atoms with E-state index in [1.807, 2.05) is 43.3 Å². The number of benzene rings is 2. The SMILES string of the molecule is CCCCCN1C(=O)C(=O)/C(=C(/O)c2cc(C(C)(C)C)ccc2OC)C1c1cccc(OCC)c1. The number of nitrogens with zero attached hydrogens (tertiary/aromatic N) is 1. The Morgan fingerprint density at radius 2 is 1.80 bits per heavy atom. The van der Waals surface area contributed by atoms with Gasteiger partial charge in [0.25, 0.3) is 11.7 Å². The Morgan fingerprint density at radius 1 is 1.06 bits per heavy atom. The number of carbonyl (C=O) groups is 2. The number of rotatable bonds is 9. The van der Waals surface area contributed by atoms with E-state index in [2.05, 4.69) is 27.7 Å². The molecule has 0 saturated carbocycles. The zero-order valence-corrected chi connectivity index (χ0v) is 21.7. The Bertz CT molecular complexity index is 1110. The van der Waals surface area contributed by atoms with Gasteiger partial charge in [-0.15, -0.1) is 0 Å². The van der Waals surface area contributed by atoms with Crippen molar-refractivity contribution >= 4 is 17.4 Å². The number of carbonyl (C=O) groups excluding carboxylic acids is 2. The van der Waals surface area contributed by atoms with E-state index in [-0.39, 0.29) is 16.7 Å². The van der Waals surface area contributed by atoms with Gasteiger partial charge in [0.05, 0.1) is 30.9 Å². The number of methoxy groups -OCH3 is 1. The van der Waals surface area contributed by atoms with Crippen LogP contribution in [0.15, 0.2) is 48.0 Å². The van der Waals surface area contributed by atoms with Gasteiger partial charge < -0.3 is 19.5 Å². The summed E-state index contributed by atoms with van der Waals surface area (Å²) < 4.78 is 11.2. The molecule has 1 aliphatic rings. The van der Waals surface area contributed by atoms with Crippen LogP contribution in [-0.2, 0) is 15.0 Å². The molecule has 1 heterocycles. The molecule has 0 aromatic heterocycles. The number of ketones is 1. The van der Waals surface area contributed by atoms with Crippen molar-refractivity contribution in [2.75, 3.05) is 20.3 Å². The lowest BCUT2D eigenvalue weighted by Gasteiger charge is -2.26. The normalized spacial score (nSPS) is 17.7. The molecule has 6 nitrogen and oxygen atoms in total. The molecule has 188 valence electrons. The van der Waals surface area contributed by atoms with E-state index in [1.165, 1.54) is 7.11 Å². The van der Waals surface area contributed by atoms with Crippen LogP contribution in [0.5, 0.6) is 11.5 Å². The molecule has 6 heteroatoms. The van der Waals surface area contributed by atoms with Crippen molar-refractivity contribution in [3.8, 4) is 11.5 Å². The zero-order valence-electron chi connectivity index (χ0n) is 21.7. The van der Waals surface area contributed by atoms with Crippen LogP contribution in [0, 0.1) is 0 Å². The third-order valence-corrected chi connectivity index (χ3v) is 6.35. The summed E-state index contributed by atoms with van der Waals surface area (Å²) >= 11 is 0. The largest absolute Gasteiger partial charge is 0.507 e. The number of hydrogen-bond acceptors (Lipinski definition) is 5. The van der Waals surface area contributed by atoms with Gasteiger partial charge >= 0.3 is 0 Å². The highest BCUT2D eigenvalue weighted by atomic mass is 16.5. The molecule has 3 rings (SSSR count). The van der Waals surface area contributed by atoms with Crippen molar-refractivity contribution < 1.29 is 24.2 Å². The Labute approximate surface area is 208 Å². The number of hydrogen-bond donors (Lipinski definition) is 1. The summed E-state index contributed by atoms with van der Waals surface area (Å²) in [6.07, 6.45) is 2.70. The summed E-state index contributed by atoms with van der Waals surface area (Å²) in [5, 5.41) is 11.6. The van der Waals surface area contributed by atoms with Gasteiger partial charge in [-0.3, -0.25) is 9.59 Å². The molecule has 35 heavy (non-hydrogen) atoms. The van der Waals surface area contributed by atoms with Gasteiger partial charge in [0.2, 0.25) is 0 Å². The molecule has 1 saturated heterocycles. The maximum atomic E-state index is 13.4. The summed E-state index contributed by atoms with van der Waals surface area (Å²) in [7, 11) is 1.52. The van der Waals surface area contributed by atoms with E-state index in [4.69, 9.17) is 9.47 Å². The molecule has 1 aliphatic heterocycles. The minimum atomic E-state index is -0.713. The van der Waals surface area contributed by atoms with Crippen LogP contribution in [0.3, 0.4) is 0 Å². The highest BCUT2D eigenvalue weighted by Crippen LogP contribution is 2.42.